The average Bonchev–Trinajstić information content (AvgIpc) is 2.58. The van der Waals surface area contributed by atoms with Crippen LogP contribution in [0.5, 0.6) is 0 Å². The van der Waals surface area contributed by atoms with Gasteiger partial charge < -0.3 is 15.9 Å². The fourth-order valence-corrected chi connectivity index (χ4v) is 3.39. The molecular formula is C19H37NO3S. The van der Waals surface area contributed by atoms with Crippen molar-refractivity contribution in [1.82, 2.24) is 0 Å². The molecule has 0 aromatic rings. The monoisotopic (exact) mass is 359 g/mol. The number of aliphatic hydroxyl groups excluding tert-OH is 1. The van der Waals surface area contributed by atoms with Crippen LogP contribution in [0.15, 0.2) is 12.2 Å². The summed E-state index contributed by atoms with van der Waals surface area (Å²) in [4.78, 5) is 10.7. The van der Waals surface area contributed by atoms with Crippen LogP contribution in [-0.2, 0) is 4.79 Å². The Morgan fingerprint density at radius 1 is 1.04 bits per heavy atom. The van der Waals surface area contributed by atoms with E-state index in [2.05, 4.69) is 13.0 Å². The Bertz CT molecular complexity index is 324. The summed E-state index contributed by atoms with van der Waals surface area (Å²) in [5.41, 5.74) is 5.46. The predicted octanol–water partition coefficient (Wildman–Crippen LogP) is 4.36. The van der Waals surface area contributed by atoms with Crippen LogP contribution in [0, 0.1) is 0 Å². The van der Waals surface area contributed by atoms with Gasteiger partial charge in [-0.1, -0.05) is 76.9 Å². The second-order valence-corrected chi connectivity index (χ2v) is 7.67. The molecule has 0 bridgehead atoms. The number of unbranched alkanes of at least 4 members (excludes halogenated alkanes) is 10. The molecule has 0 radical (unpaired) electrons. The van der Waals surface area contributed by atoms with E-state index in [0.717, 1.165) is 6.42 Å². The largest absolute Gasteiger partial charge is 0.480 e. The number of carboxylic acid groups (broad SMARTS) is 1. The third kappa shape index (κ3) is 15.0. The molecule has 2 atom stereocenters. The molecule has 4 N–H and O–H groups in total. The number of hydrogen-bond donors (Lipinski definition) is 3. The standard InChI is InChI=1S/C19H37NO3S/c1-2-3-4-5-6-7-8-9-10-11-12-13-14-17(15-21)24-16-18(20)19(22)23/h13-14,17-18,21H,2-12,15-16,20H2,1H3,(H,22,23). The van der Waals surface area contributed by atoms with E-state index in [1.165, 1.54) is 76.0 Å². The molecule has 0 aromatic carbocycles. The molecule has 0 spiro atoms. The number of allylic oxidation sites excluding steroid dienone is 1. The molecule has 4 nitrogen and oxygen atoms in total. The molecular weight excluding hydrogens is 322 g/mol. The maximum atomic E-state index is 10.7. The Balaban J connectivity index is 3.50. The minimum atomic E-state index is -0.992. The van der Waals surface area contributed by atoms with E-state index >= 15 is 0 Å². The smallest absolute Gasteiger partial charge is 0.321 e. The number of nitrogens with two attached hydrogens (primary N) is 1. The minimum absolute atomic E-state index is 0.0194. The topological polar surface area (TPSA) is 83.5 Å². The Kier molecular flexibility index (Phi) is 16.9. The van der Waals surface area contributed by atoms with Gasteiger partial charge in [-0.2, -0.15) is 0 Å². The summed E-state index contributed by atoms with van der Waals surface area (Å²) in [7, 11) is 0. The summed E-state index contributed by atoms with van der Waals surface area (Å²) in [5.74, 6) is -0.670. The van der Waals surface area contributed by atoms with Gasteiger partial charge in [0.05, 0.1) is 6.61 Å². The first-order chi connectivity index (χ1) is 11.6. The summed E-state index contributed by atoms with van der Waals surface area (Å²) in [6, 6.07) is -0.862. The maximum Gasteiger partial charge on any atom is 0.321 e. The van der Waals surface area contributed by atoms with Crippen LogP contribution < -0.4 is 5.73 Å². The number of aliphatic carboxylic acids is 1. The highest BCUT2D eigenvalue weighted by Crippen LogP contribution is 2.15. The van der Waals surface area contributed by atoms with Gasteiger partial charge in [-0.25, -0.2) is 0 Å². The van der Waals surface area contributed by atoms with E-state index < -0.39 is 12.0 Å². The molecule has 0 aromatic heterocycles. The van der Waals surface area contributed by atoms with Gasteiger partial charge in [0.1, 0.15) is 6.04 Å². The lowest BCUT2D eigenvalue weighted by Gasteiger charge is -2.11. The van der Waals surface area contributed by atoms with E-state index in [-0.39, 0.29) is 11.9 Å². The van der Waals surface area contributed by atoms with Crippen molar-refractivity contribution >= 4 is 17.7 Å². The van der Waals surface area contributed by atoms with Crippen LogP contribution in [0.3, 0.4) is 0 Å². The third-order valence-corrected chi connectivity index (χ3v) is 5.35. The van der Waals surface area contributed by atoms with E-state index in [1.807, 2.05) is 6.08 Å². The molecule has 5 heteroatoms. The number of carbonyl (C=O) groups is 1. The molecule has 2 unspecified atom stereocenters. The molecule has 24 heavy (non-hydrogen) atoms. The van der Waals surface area contributed by atoms with Crippen LogP contribution in [0.2, 0.25) is 0 Å². The number of carboxylic acids is 1. The van der Waals surface area contributed by atoms with Crippen molar-refractivity contribution in [1.29, 1.82) is 0 Å². The van der Waals surface area contributed by atoms with E-state index in [4.69, 9.17) is 10.8 Å². The first-order valence-corrected chi connectivity index (χ1v) is 10.5. The summed E-state index contributed by atoms with van der Waals surface area (Å²) in [6.45, 7) is 2.27. The van der Waals surface area contributed by atoms with Crippen molar-refractivity contribution in [2.45, 2.75) is 88.8 Å². The predicted molar refractivity (Wildman–Crippen MR) is 105 cm³/mol. The van der Waals surface area contributed by atoms with Crippen molar-refractivity contribution in [3.05, 3.63) is 12.2 Å². The summed E-state index contributed by atoms with van der Waals surface area (Å²) in [5, 5.41) is 18.0. The number of hydrogen-bond acceptors (Lipinski definition) is 4. The second-order valence-electron chi connectivity index (χ2n) is 6.40. The molecule has 0 heterocycles. The lowest BCUT2D eigenvalue weighted by atomic mass is 10.1. The van der Waals surface area contributed by atoms with Crippen LogP contribution in [-0.4, -0.2) is 39.8 Å². The van der Waals surface area contributed by atoms with Crippen LogP contribution in [0.4, 0.5) is 0 Å². The van der Waals surface area contributed by atoms with E-state index in [0.29, 0.717) is 5.75 Å². The Morgan fingerprint density at radius 2 is 1.58 bits per heavy atom. The van der Waals surface area contributed by atoms with Gasteiger partial charge in [0.25, 0.3) is 0 Å². The van der Waals surface area contributed by atoms with Crippen molar-refractivity contribution < 1.29 is 15.0 Å². The van der Waals surface area contributed by atoms with Gasteiger partial charge in [0.15, 0.2) is 0 Å². The average molecular weight is 360 g/mol. The number of aliphatic hydroxyl groups is 1. The Morgan fingerprint density at radius 3 is 2.08 bits per heavy atom. The highest BCUT2D eigenvalue weighted by molar-refractivity contribution is 8.00. The zero-order valence-corrected chi connectivity index (χ0v) is 16.1. The molecule has 0 amide bonds. The summed E-state index contributed by atoms with van der Waals surface area (Å²) in [6.07, 6.45) is 18.4. The lowest BCUT2D eigenvalue weighted by molar-refractivity contribution is -0.137. The molecule has 0 fully saturated rings. The van der Waals surface area contributed by atoms with Gasteiger partial charge in [-0.15, -0.1) is 11.8 Å². The van der Waals surface area contributed by atoms with Gasteiger partial charge in [-0.05, 0) is 12.8 Å². The van der Waals surface area contributed by atoms with Crippen molar-refractivity contribution in [3.63, 3.8) is 0 Å². The van der Waals surface area contributed by atoms with Crippen LogP contribution in [0.25, 0.3) is 0 Å². The molecule has 142 valence electrons. The van der Waals surface area contributed by atoms with Gasteiger partial charge in [0, 0.05) is 11.0 Å². The van der Waals surface area contributed by atoms with Crippen LogP contribution in [0.1, 0.15) is 77.6 Å². The fourth-order valence-electron chi connectivity index (χ4n) is 2.47. The zero-order chi connectivity index (χ0) is 18.0. The van der Waals surface area contributed by atoms with Gasteiger partial charge in [0.2, 0.25) is 0 Å². The molecule has 0 aliphatic carbocycles. The van der Waals surface area contributed by atoms with Gasteiger partial charge in [-0.3, -0.25) is 4.79 Å². The molecule has 0 aliphatic heterocycles. The minimum Gasteiger partial charge on any atom is -0.480 e. The molecule has 0 rings (SSSR count). The molecule has 0 saturated heterocycles. The van der Waals surface area contributed by atoms with E-state index in [9.17, 15) is 9.90 Å². The van der Waals surface area contributed by atoms with Gasteiger partial charge >= 0.3 is 5.97 Å². The van der Waals surface area contributed by atoms with Crippen molar-refractivity contribution in [2.24, 2.45) is 5.73 Å². The highest BCUT2D eigenvalue weighted by Gasteiger charge is 2.13. The first kappa shape index (κ1) is 23.5. The fraction of sp³-hybridized carbons (Fsp3) is 0.842. The Hall–Kier alpha value is -0.520. The first-order valence-electron chi connectivity index (χ1n) is 9.49. The Labute approximate surface area is 152 Å². The number of thioether (sulfide) groups is 1. The molecule has 0 saturated carbocycles. The lowest BCUT2D eigenvalue weighted by Crippen LogP contribution is -2.33. The SMILES string of the molecule is CCCCCCCCCCCCC=CC(CO)SCC(N)C(=O)O. The molecule has 0 aliphatic rings. The van der Waals surface area contributed by atoms with Crippen molar-refractivity contribution in [3.8, 4) is 0 Å². The zero-order valence-electron chi connectivity index (χ0n) is 15.3. The van der Waals surface area contributed by atoms with Crippen LogP contribution >= 0.6 is 11.8 Å². The third-order valence-electron chi connectivity index (χ3n) is 4.06. The number of rotatable bonds is 17. The normalized spacial score (nSPS) is 14.1. The summed E-state index contributed by atoms with van der Waals surface area (Å²) < 4.78 is 0. The summed E-state index contributed by atoms with van der Waals surface area (Å²) >= 11 is 1.40. The highest BCUT2D eigenvalue weighted by atomic mass is 32.2. The quantitative estimate of drug-likeness (QED) is 0.265. The van der Waals surface area contributed by atoms with E-state index in [1.54, 1.807) is 0 Å². The maximum absolute atomic E-state index is 10.7. The second kappa shape index (κ2) is 17.3. The van der Waals surface area contributed by atoms with Crippen molar-refractivity contribution in [2.75, 3.05) is 12.4 Å².